The Kier molecular flexibility index (Phi) is 2.34. The quantitative estimate of drug-likeness (QED) is 0.566. The first-order chi connectivity index (χ1) is 8.65. The highest BCUT2D eigenvalue weighted by molar-refractivity contribution is 5.41. The summed E-state index contributed by atoms with van der Waals surface area (Å²) in [4.78, 5) is 0. The van der Waals surface area contributed by atoms with Gasteiger partial charge >= 0.3 is 0 Å². The van der Waals surface area contributed by atoms with Crippen LogP contribution in [-0.2, 0) is 0 Å². The zero-order valence-electron chi connectivity index (χ0n) is 12.3. The van der Waals surface area contributed by atoms with Crippen molar-refractivity contribution < 1.29 is 0 Å². The van der Waals surface area contributed by atoms with Gasteiger partial charge in [-0.25, -0.2) is 0 Å². The van der Waals surface area contributed by atoms with Gasteiger partial charge < -0.3 is 0 Å². The molecule has 6 atom stereocenters. The van der Waals surface area contributed by atoms with Crippen molar-refractivity contribution in [2.24, 2.45) is 40.9 Å². The van der Waals surface area contributed by atoms with E-state index in [9.17, 15) is 0 Å². The Balaban J connectivity index is 1.67. The van der Waals surface area contributed by atoms with E-state index < -0.39 is 0 Å². The van der Waals surface area contributed by atoms with Crippen LogP contribution in [0.15, 0.2) is 11.6 Å². The maximum Gasteiger partial charge on any atom is -0.0101 e. The molecule has 0 bridgehead atoms. The molecule has 0 radical (unpaired) electrons. The molecule has 100 valence electrons. The molecule has 0 saturated heterocycles. The predicted molar refractivity (Wildman–Crippen MR) is 76.2 cm³/mol. The van der Waals surface area contributed by atoms with Crippen molar-refractivity contribution in [1.82, 2.24) is 0 Å². The van der Waals surface area contributed by atoms with Crippen molar-refractivity contribution in [2.75, 3.05) is 0 Å². The van der Waals surface area contributed by atoms with Gasteiger partial charge in [0, 0.05) is 0 Å². The summed E-state index contributed by atoms with van der Waals surface area (Å²) in [5, 5.41) is 0. The molecule has 18 heavy (non-hydrogen) atoms. The molecule has 0 aromatic carbocycles. The van der Waals surface area contributed by atoms with E-state index in [2.05, 4.69) is 26.8 Å². The second-order valence-corrected chi connectivity index (χ2v) is 8.04. The normalized spacial score (nSPS) is 53.6. The van der Waals surface area contributed by atoms with E-state index in [4.69, 9.17) is 0 Å². The van der Waals surface area contributed by atoms with Gasteiger partial charge in [-0.15, -0.1) is 0 Å². The molecule has 0 aliphatic heterocycles. The van der Waals surface area contributed by atoms with Gasteiger partial charge in [-0.3, -0.25) is 0 Å². The summed E-state index contributed by atoms with van der Waals surface area (Å²) in [6.07, 6.45) is 11.9. The minimum Gasteiger partial charge on any atom is -0.0808 e. The molecule has 0 aromatic heterocycles. The summed E-state index contributed by atoms with van der Waals surface area (Å²) in [5.74, 6) is 6.02. The molecule has 0 heterocycles. The first-order valence-electron chi connectivity index (χ1n) is 8.37. The third kappa shape index (κ3) is 1.23. The third-order valence-corrected chi connectivity index (χ3v) is 7.05. The molecule has 4 aliphatic rings. The zero-order chi connectivity index (χ0) is 12.5. The molecule has 0 spiro atoms. The Morgan fingerprint density at radius 2 is 1.72 bits per heavy atom. The lowest BCUT2D eigenvalue weighted by atomic mass is 9.76. The van der Waals surface area contributed by atoms with Gasteiger partial charge in [-0.2, -0.15) is 0 Å². The molecule has 0 aromatic rings. The monoisotopic (exact) mass is 244 g/mol. The van der Waals surface area contributed by atoms with Crippen LogP contribution in [0.2, 0.25) is 0 Å². The maximum absolute atomic E-state index is 2.75. The second-order valence-electron chi connectivity index (χ2n) is 8.04. The lowest BCUT2D eigenvalue weighted by Crippen LogP contribution is -2.21. The van der Waals surface area contributed by atoms with Gasteiger partial charge in [0.2, 0.25) is 0 Å². The fraction of sp³-hybridized carbons (Fsp3) is 0.889. The van der Waals surface area contributed by atoms with Crippen molar-refractivity contribution in [3.63, 3.8) is 0 Å². The average Bonchev–Trinajstić information content (AvgIpc) is 2.72. The number of fused-ring (bicyclic) bond motifs is 4. The minimum absolute atomic E-state index is 0.722. The largest absolute Gasteiger partial charge is 0.0808 e. The van der Waals surface area contributed by atoms with Crippen molar-refractivity contribution in [3.8, 4) is 0 Å². The topological polar surface area (TPSA) is 0 Å². The van der Waals surface area contributed by atoms with Crippen molar-refractivity contribution in [1.29, 1.82) is 0 Å². The summed E-state index contributed by atoms with van der Waals surface area (Å²) in [6.45, 7) is 7.46. The molecule has 3 fully saturated rings. The first kappa shape index (κ1) is 11.6. The standard InChI is InChI=1S/C18H28/c1-11(2)14-10-15-12-8-6-4-5-7-9-13(12)16-17(14)18(15,16)3/h10-13,15-17H,4-9H2,1-3H3. The fourth-order valence-corrected chi connectivity index (χ4v) is 6.33. The van der Waals surface area contributed by atoms with Gasteiger partial charge in [0.15, 0.2) is 0 Å². The molecule has 0 nitrogen and oxygen atoms in total. The van der Waals surface area contributed by atoms with E-state index in [1.54, 1.807) is 6.42 Å². The van der Waals surface area contributed by atoms with E-state index >= 15 is 0 Å². The first-order valence-corrected chi connectivity index (χ1v) is 8.37. The smallest absolute Gasteiger partial charge is 0.0101 e. The molecule has 3 saturated carbocycles. The lowest BCUT2D eigenvalue weighted by Gasteiger charge is -2.29. The SMILES string of the molecule is CC(C)C1=CC2C3CCCCCCC3C3C1C23C. The summed E-state index contributed by atoms with van der Waals surface area (Å²) < 4.78 is 0. The highest BCUT2D eigenvalue weighted by Crippen LogP contribution is 2.82. The number of hydrogen-bond donors (Lipinski definition) is 0. The molecule has 6 unspecified atom stereocenters. The minimum atomic E-state index is 0.722. The molecule has 4 aliphatic carbocycles. The fourth-order valence-electron chi connectivity index (χ4n) is 6.33. The van der Waals surface area contributed by atoms with Crippen LogP contribution in [0, 0.1) is 40.9 Å². The molecular weight excluding hydrogens is 216 g/mol. The van der Waals surface area contributed by atoms with Gasteiger partial charge in [0.05, 0.1) is 0 Å². The van der Waals surface area contributed by atoms with Gasteiger partial charge in [0.1, 0.15) is 0 Å². The summed E-state index contributed by atoms with van der Waals surface area (Å²) in [7, 11) is 0. The van der Waals surface area contributed by atoms with Crippen LogP contribution in [0.25, 0.3) is 0 Å². The van der Waals surface area contributed by atoms with E-state index in [-0.39, 0.29) is 0 Å². The Morgan fingerprint density at radius 3 is 2.39 bits per heavy atom. The summed E-state index contributed by atoms with van der Waals surface area (Å²) in [6, 6.07) is 0. The van der Waals surface area contributed by atoms with Crippen LogP contribution in [0.4, 0.5) is 0 Å². The molecule has 0 amide bonds. The van der Waals surface area contributed by atoms with E-state index in [0.717, 1.165) is 40.9 Å². The summed E-state index contributed by atoms with van der Waals surface area (Å²) in [5.41, 5.74) is 2.57. The van der Waals surface area contributed by atoms with E-state index in [0.29, 0.717) is 0 Å². The van der Waals surface area contributed by atoms with Crippen LogP contribution in [0.1, 0.15) is 59.3 Å². The Labute approximate surface area is 112 Å². The Hall–Kier alpha value is -0.260. The molecule has 0 heteroatoms. The van der Waals surface area contributed by atoms with Crippen molar-refractivity contribution in [2.45, 2.75) is 59.3 Å². The Morgan fingerprint density at radius 1 is 1.06 bits per heavy atom. The predicted octanol–water partition coefficient (Wildman–Crippen LogP) is 5.05. The molecule has 0 N–H and O–H groups in total. The van der Waals surface area contributed by atoms with Crippen LogP contribution >= 0.6 is 0 Å². The molecular formula is C18H28. The van der Waals surface area contributed by atoms with Crippen LogP contribution in [0.3, 0.4) is 0 Å². The zero-order valence-corrected chi connectivity index (χ0v) is 12.3. The third-order valence-electron chi connectivity index (χ3n) is 7.05. The van der Waals surface area contributed by atoms with Crippen LogP contribution in [-0.4, -0.2) is 0 Å². The molecule has 4 rings (SSSR count). The number of allylic oxidation sites excluding steroid dienone is 2. The van der Waals surface area contributed by atoms with Crippen molar-refractivity contribution in [3.05, 3.63) is 11.6 Å². The average molecular weight is 244 g/mol. The van der Waals surface area contributed by atoms with Gasteiger partial charge in [-0.1, -0.05) is 58.1 Å². The number of rotatable bonds is 1. The maximum atomic E-state index is 2.75. The van der Waals surface area contributed by atoms with Crippen molar-refractivity contribution >= 4 is 0 Å². The van der Waals surface area contributed by atoms with E-state index in [1.165, 1.54) is 32.1 Å². The summed E-state index contributed by atoms with van der Waals surface area (Å²) >= 11 is 0. The van der Waals surface area contributed by atoms with Gasteiger partial charge in [0.25, 0.3) is 0 Å². The van der Waals surface area contributed by atoms with Crippen LogP contribution in [0.5, 0.6) is 0 Å². The highest BCUT2D eigenvalue weighted by Gasteiger charge is 2.77. The van der Waals surface area contributed by atoms with Gasteiger partial charge in [-0.05, 0) is 53.8 Å². The van der Waals surface area contributed by atoms with E-state index in [1.807, 2.05) is 5.57 Å². The Bertz CT molecular complexity index is 391. The number of hydrogen-bond acceptors (Lipinski definition) is 0. The lowest BCUT2D eigenvalue weighted by molar-refractivity contribution is 0.218. The second kappa shape index (κ2) is 3.64. The highest BCUT2D eigenvalue weighted by atomic mass is 14.8. The van der Waals surface area contributed by atoms with Crippen LogP contribution < -0.4 is 0 Å².